The summed E-state index contributed by atoms with van der Waals surface area (Å²) in [7, 11) is 0. The lowest BCUT2D eigenvalue weighted by molar-refractivity contribution is 0.203. The standard InChI is InChI=1S/C13H20N2O2/c14-12-7-11(9-17)1-2-13(12)15-5-3-10(8-16)4-6-15/h1-2,7,10,16-17H,3-6,8-9,14H2. The van der Waals surface area contributed by atoms with E-state index in [4.69, 9.17) is 15.9 Å². The van der Waals surface area contributed by atoms with Crippen LogP contribution in [0.2, 0.25) is 0 Å². The van der Waals surface area contributed by atoms with Crippen molar-refractivity contribution >= 4 is 11.4 Å². The van der Waals surface area contributed by atoms with Crippen LogP contribution in [-0.4, -0.2) is 29.9 Å². The molecule has 1 saturated heterocycles. The van der Waals surface area contributed by atoms with Gasteiger partial charge >= 0.3 is 0 Å². The Morgan fingerprint density at radius 1 is 1.24 bits per heavy atom. The maximum absolute atomic E-state index is 9.10. The van der Waals surface area contributed by atoms with Gasteiger partial charge in [-0.3, -0.25) is 0 Å². The molecule has 0 spiro atoms. The molecule has 0 radical (unpaired) electrons. The lowest BCUT2D eigenvalue weighted by Gasteiger charge is -2.33. The topological polar surface area (TPSA) is 69.7 Å². The first kappa shape index (κ1) is 12.2. The van der Waals surface area contributed by atoms with Gasteiger partial charge in [-0.05, 0) is 36.5 Å². The van der Waals surface area contributed by atoms with Gasteiger partial charge < -0.3 is 20.8 Å². The molecule has 17 heavy (non-hydrogen) atoms. The number of hydrogen-bond acceptors (Lipinski definition) is 4. The zero-order chi connectivity index (χ0) is 12.3. The van der Waals surface area contributed by atoms with Crippen LogP contribution in [0.4, 0.5) is 11.4 Å². The number of nitrogens with two attached hydrogens (primary N) is 1. The second-order valence-corrected chi connectivity index (χ2v) is 4.66. The van der Waals surface area contributed by atoms with Gasteiger partial charge in [0.05, 0.1) is 18.0 Å². The molecule has 1 fully saturated rings. The van der Waals surface area contributed by atoms with Gasteiger partial charge in [-0.25, -0.2) is 0 Å². The predicted octanol–water partition coefficient (Wildman–Crippen LogP) is 0.970. The van der Waals surface area contributed by atoms with E-state index in [1.165, 1.54) is 0 Å². The Bertz CT molecular complexity index is 374. The van der Waals surface area contributed by atoms with E-state index in [-0.39, 0.29) is 13.2 Å². The number of benzene rings is 1. The second kappa shape index (κ2) is 5.38. The minimum Gasteiger partial charge on any atom is -0.397 e. The zero-order valence-electron chi connectivity index (χ0n) is 9.97. The van der Waals surface area contributed by atoms with Crippen LogP contribution >= 0.6 is 0 Å². The molecule has 94 valence electrons. The number of aliphatic hydroxyl groups excluding tert-OH is 2. The second-order valence-electron chi connectivity index (χ2n) is 4.66. The quantitative estimate of drug-likeness (QED) is 0.684. The fourth-order valence-electron chi connectivity index (χ4n) is 2.35. The lowest BCUT2D eigenvalue weighted by Crippen LogP contribution is -2.35. The summed E-state index contributed by atoms with van der Waals surface area (Å²) in [6.07, 6.45) is 2.02. The molecule has 4 N–H and O–H groups in total. The maximum Gasteiger partial charge on any atom is 0.0682 e. The highest BCUT2D eigenvalue weighted by Crippen LogP contribution is 2.28. The van der Waals surface area contributed by atoms with Gasteiger partial charge in [0.2, 0.25) is 0 Å². The molecule has 1 aromatic rings. The summed E-state index contributed by atoms with van der Waals surface area (Å²) >= 11 is 0. The Labute approximate surface area is 102 Å². The molecule has 0 saturated carbocycles. The summed E-state index contributed by atoms with van der Waals surface area (Å²) < 4.78 is 0. The smallest absolute Gasteiger partial charge is 0.0682 e. The van der Waals surface area contributed by atoms with Crippen LogP contribution in [0.5, 0.6) is 0 Å². The third-order valence-corrected chi connectivity index (χ3v) is 3.49. The van der Waals surface area contributed by atoms with E-state index in [2.05, 4.69) is 4.90 Å². The molecular weight excluding hydrogens is 216 g/mol. The molecule has 0 aromatic heterocycles. The van der Waals surface area contributed by atoms with E-state index < -0.39 is 0 Å². The molecule has 0 atom stereocenters. The van der Waals surface area contributed by atoms with Gasteiger partial charge in [0.1, 0.15) is 0 Å². The first-order chi connectivity index (χ1) is 8.24. The average Bonchev–Trinajstić information content (AvgIpc) is 2.39. The van der Waals surface area contributed by atoms with Gasteiger partial charge in [-0.1, -0.05) is 6.07 Å². The van der Waals surface area contributed by atoms with E-state index in [0.717, 1.165) is 42.9 Å². The van der Waals surface area contributed by atoms with Gasteiger partial charge in [0.25, 0.3) is 0 Å². The molecule has 0 bridgehead atoms. The monoisotopic (exact) mass is 236 g/mol. The highest BCUT2D eigenvalue weighted by Gasteiger charge is 2.19. The van der Waals surface area contributed by atoms with Crippen LogP contribution in [0, 0.1) is 5.92 Å². The fraction of sp³-hybridized carbons (Fsp3) is 0.538. The number of nitrogen functional groups attached to an aromatic ring is 1. The van der Waals surface area contributed by atoms with Gasteiger partial charge in [-0.2, -0.15) is 0 Å². The van der Waals surface area contributed by atoms with Crippen LogP contribution in [0.25, 0.3) is 0 Å². The summed E-state index contributed by atoms with van der Waals surface area (Å²) in [6.45, 7) is 2.19. The number of piperidine rings is 1. The van der Waals surface area contributed by atoms with Crippen LogP contribution in [0.1, 0.15) is 18.4 Å². The molecule has 2 rings (SSSR count). The number of aliphatic hydroxyl groups is 2. The molecule has 0 amide bonds. The highest BCUT2D eigenvalue weighted by molar-refractivity contribution is 5.68. The molecule has 4 nitrogen and oxygen atoms in total. The van der Waals surface area contributed by atoms with Crippen molar-refractivity contribution in [2.75, 3.05) is 30.3 Å². The van der Waals surface area contributed by atoms with E-state index in [1.54, 1.807) is 0 Å². The molecule has 1 aromatic carbocycles. The van der Waals surface area contributed by atoms with E-state index >= 15 is 0 Å². The molecule has 1 heterocycles. The number of hydrogen-bond donors (Lipinski definition) is 3. The predicted molar refractivity (Wildman–Crippen MR) is 68.8 cm³/mol. The minimum atomic E-state index is 0.0249. The SMILES string of the molecule is Nc1cc(CO)ccc1N1CCC(CO)CC1. The van der Waals surface area contributed by atoms with Crippen molar-refractivity contribution in [3.63, 3.8) is 0 Å². The van der Waals surface area contributed by atoms with Crippen LogP contribution in [0.15, 0.2) is 18.2 Å². The molecule has 0 aliphatic carbocycles. The van der Waals surface area contributed by atoms with Crippen molar-refractivity contribution in [1.82, 2.24) is 0 Å². The van der Waals surface area contributed by atoms with E-state index in [9.17, 15) is 0 Å². The Balaban J connectivity index is 2.08. The summed E-state index contributed by atoms with van der Waals surface area (Å²) in [6, 6.07) is 5.71. The van der Waals surface area contributed by atoms with Crippen molar-refractivity contribution in [1.29, 1.82) is 0 Å². The Morgan fingerprint density at radius 2 is 1.94 bits per heavy atom. The zero-order valence-corrected chi connectivity index (χ0v) is 9.97. The summed E-state index contributed by atoms with van der Waals surface area (Å²) in [5.41, 5.74) is 8.60. The molecular formula is C13H20N2O2. The van der Waals surface area contributed by atoms with Gasteiger partial charge in [0, 0.05) is 19.7 Å². The fourth-order valence-corrected chi connectivity index (χ4v) is 2.35. The van der Waals surface area contributed by atoms with Crippen molar-refractivity contribution in [2.45, 2.75) is 19.4 Å². The van der Waals surface area contributed by atoms with E-state index in [0.29, 0.717) is 5.92 Å². The first-order valence-corrected chi connectivity index (χ1v) is 6.09. The molecule has 4 heteroatoms. The minimum absolute atomic E-state index is 0.0249. The van der Waals surface area contributed by atoms with Crippen LogP contribution in [-0.2, 0) is 6.61 Å². The first-order valence-electron chi connectivity index (χ1n) is 6.09. The average molecular weight is 236 g/mol. The normalized spacial score (nSPS) is 17.4. The van der Waals surface area contributed by atoms with Gasteiger partial charge in [0.15, 0.2) is 0 Å². The largest absolute Gasteiger partial charge is 0.397 e. The summed E-state index contributed by atoms with van der Waals surface area (Å²) in [5.74, 6) is 0.434. The van der Waals surface area contributed by atoms with Crippen molar-refractivity contribution in [3.05, 3.63) is 23.8 Å². The molecule has 1 aliphatic rings. The van der Waals surface area contributed by atoms with E-state index in [1.807, 2.05) is 18.2 Å². The molecule has 0 unspecified atom stereocenters. The van der Waals surface area contributed by atoms with Crippen LogP contribution in [0.3, 0.4) is 0 Å². The Kier molecular flexibility index (Phi) is 3.86. The third kappa shape index (κ3) is 2.70. The Morgan fingerprint density at radius 3 is 2.47 bits per heavy atom. The summed E-state index contributed by atoms with van der Waals surface area (Å²) in [4.78, 5) is 2.25. The Hall–Kier alpha value is -1.26. The molecule has 1 aliphatic heterocycles. The number of rotatable bonds is 3. The lowest BCUT2D eigenvalue weighted by atomic mass is 9.97. The van der Waals surface area contributed by atoms with Gasteiger partial charge in [-0.15, -0.1) is 0 Å². The summed E-state index contributed by atoms with van der Waals surface area (Å²) in [5, 5.41) is 18.1. The number of anilines is 2. The highest BCUT2D eigenvalue weighted by atomic mass is 16.3. The third-order valence-electron chi connectivity index (χ3n) is 3.49. The van der Waals surface area contributed by atoms with Crippen molar-refractivity contribution in [2.24, 2.45) is 5.92 Å². The van der Waals surface area contributed by atoms with Crippen LogP contribution < -0.4 is 10.6 Å². The number of nitrogens with zero attached hydrogens (tertiary/aromatic N) is 1. The maximum atomic E-state index is 9.10. The van der Waals surface area contributed by atoms with Crippen molar-refractivity contribution < 1.29 is 10.2 Å². The van der Waals surface area contributed by atoms with Crippen molar-refractivity contribution in [3.8, 4) is 0 Å².